The van der Waals surface area contributed by atoms with E-state index in [2.05, 4.69) is 21.8 Å². The first-order valence-corrected chi connectivity index (χ1v) is 8.10. The van der Waals surface area contributed by atoms with Gasteiger partial charge in [0.15, 0.2) is 5.69 Å². The fourth-order valence-electron chi connectivity index (χ4n) is 2.71. The summed E-state index contributed by atoms with van der Waals surface area (Å²) < 4.78 is 27.4. The van der Waals surface area contributed by atoms with Gasteiger partial charge in [0, 0.05) is 6.04 Å². The summed E-state index contributed by atoms with van der Waals surface area (Å²) in [6.07, 6.45) is 3.63. The second kappa shape index (κ2) is 5.53. The van der Waals surface area contributed by atoms with Crippen LogP contribution in [-0.2, 0) is 10.0 Å². The fourth-order valence-corrected chi connectivity index (χ4v) is 4.32. The summed E-state index contributed by atoms with van der Waals surface area (Å²) in [4.78, 5) is 10.8. The number of carbonyl (C=O) groups is 1. The molecule has 112 valence electrons. The summed E-state index contributed by atoms with van der Waals surface area (Å²) in [5.74, 6) is -0.882. The number of aromatic amines is 1. The second-order valence-electron chi connectivity index (χ2n) is 5.42. The first kappa shape index (κ1) is 15.0. The van der Waals surface area contributed by atoms with Crippen LogP contribution in [0.1, 0.15) is 48.8 Å². The van der Waals surface area contributed by atoms with Crippen LogP contribution in [-0.4, -0.2) is 35.7 Å². The molecule has 0 radical (unpaired) electrons. The van der Waals surface area contributed by atoms with Crippen LogP contribution < -0.4 is 4.72 Å². The molecule has 0 amide bonds. The number of nitrogens with zero attached hydrogens (tertiary/aromatic N) is 1. The van der Waals surface area contributed by atoms with Crippen LogP contribution in [0.5, 0.6) is 0 Å². The first-order valence-electron chi connectivity index (χ1n) is 6.62. The molecule has 1 aromatic heterocycles. The predicted octanol–water partition coefficient (Wildman–Crippen LogP) is 1.27. The lowest BCUT2D eigenvalue weighted by Crippen LogP contribution is -2.38. The number of rotatable bonds is 4. The number of sulfonamides is 1. The topological polar surface area (TPSA) is 112 Å². The number of nitrogens with one attached hydrogen (secondary N) is 2. The van der Waals surface area contributed by atoms with E-state index in [1.807, 2.05) is 0 Å². The number of carboxylic acid groups (broad SMARTS) is 1. The van der Waals surface area contributed by atoms with Crippen molar-refractivity contribution in [2.45, 2.75) is 50.5 Å². The van der Waals surface area contributed by atoms with Crippen LogP contribution in [0.2, 0.25) is 0 Å². The maximum Gasteiger partial charge on any atom is 0.357 e. The van der Waals surface area contributed by atoms with Gasteiger partial charge in [0.25, 0.3) is 0 Å². The van der Waals surface area contributed by atoms with Gasteiger partial charge >= 0.3 is 5.97 Å². The van der Waals surface area contributed by atoms with Gasteiger partial charge in [0.05, 0.1) is 5.69 Å². The monoisotopic (exact) mass is 301 g/mol. The summed E-state index contributed by atoms with van der Waals surface area (Å²) in [5.41, 5.74) is -0.224. The van der Waals surface area contributed by atoms with Crippen molar-refractivity contribution in [2.24, 2.45) is 5.92 Å². The van der Waals surface area contributed by atoms with Gasteiger partial charge in [-0.05, 0) is 25.7 Å². The smallest absolute Gasteiger partial charge is 0.357 e. The molecule has 0 aliphatic heterocycles. The van der Waals surface area contributed by atoms with Gasteiger partial charge in [0.1, 0.15) is 4.90 Å². The summed E-state index contributed by atoms with van der Waals surface area (Å²) in [7, 11) is -3.87. The molecule has 3 N–H and O–H groups in total. The predicted molar refractivity (Wildman–Crippen MR) is 72.0 cm³/mol. The van der Waals surface area contributed by atoms with E-state index in [0.29, 0.717) is 5.92 Å². The molecule has 1 heterocycles. The fraction of sp³-hybridized carbons (Fsp3) is 0.667. The summed E-state index contributed by atoms with van der Waals surface area (Å²) in [6.45, 7) is 3.59. The van der Waals surface area contributed by atoms with E-state index in [4.69, 9.17) is 5.11 Å². The van der Waals surface area contributed by atoms with Crippen molar-refractivity contribution >= 4 is 16.0 Å². The quantitative estimate of drug-likeness (QED) is 0.775. The number of aromatic carboxylic acids is 1. The van der Waals surface area contributed by atoms with Crippen LogP contribution >= 0.6 is 0 Å². The van der Waals surface area contributed by atoms with Gasteiger partial charge in [-0.3, -0.25) is 5.10 Å². The Bertz CT molecular complexity index is 608. The largest absolute Gasteiger partial charge is 0.476 e. The zero-order valence-corrected chi connectivity index (χ0v) is 12.3. The summed E-state index contributed by atoms with van der Waals surface area (Å²) >= 11 is 0. The molecule has 1 fully saturated rings. The summed E-state index contributed by atoms with van der Waals surface area (Å²) in [5, 5.41) is 15.0. The molecule has 1 aliphatic carbocycles. The van der Waals surface area contributed by atoms with E-state index in [1.54, 1.807) is 0 Å². The molecule has 2 unspecified atom stereocenters. The minimum Gasteiger partial charge on any atom is -0.476 e. The molecule has 1 aliphatic rings. The number of carboxylic acids is 1. The standard InChI is InChI=1S/C12H19N3O4S/c1-7-4-3-5-9(6-7)15-20(18,19)11-8(2)13-14-10(11)12(16)17/h7,9,15H,3-6H2,1-2H3,(H,13,14)(H,16,17). The Morgan fingerprint density at radius 3 is 2.75 bits per heavy atom. The van der Waals surface area contributed by atoms with Crippen LogP contribution in [0.15, 0.2) is 4.90 Å². The third kappa shape index (κ3) is 3.01. The van der Waals surface area contributed by atoms with Gasteiger partial charge in [-0.1, -0.05) is 19.8 Å². The average Bonchev–Trinajstić information content (AvgIpc) is 2.71. The molecular weight excluding hydrogens is 282 g/mol. The lowest BCUT2D eigenvalue weighted by molar-refractivity contribution is 0.0686. The highest BCUT2D eigenvalue weighted by Gasteiger charge is 2.31. The van der Waals surface area contributed by atoms with E-state index in [-0.39, 0.29) is 16.6 Å². The zero-order valence-electron chi connectivity index (χ0n) is 11.5. The molecular formula is C12H19N3O4S. The number of hydrogen-bond donors (Lipinski definition) is 3. The van der Waals surface area contributed by atoms with Crippen LogP contribution in [0.25, 0.3) is 0 Å². The molecule has 2 rings (SSSR count). The van der Waals surface area contributed by atoms with Crippen molar-refractivity contribution in [1.82, 2.24) is 14.9 Å². The molecule has 1 aromatic rings. The minimum absolute atomic E-state index is 0.139. The third-order valence-electron chi connectivity index (χ3n) is 3.62. The number of aromatic nitrogens is 2. The highest BCUT2D eigenvalue weighted by Crippen LogP contribution is 2.26. The third-order valence-corrected chi connectivity index (χ3v) is 5.30. The normalized spacial score (nSPS) is 23.7. The Kier molecular flexibility index (Phi) is 4.14. The maximum atomic E-state index is 12.4. The second-order valence-corrected chi connectivity index (χ2v) is 7.07. The Hall–Kier alpha value is -1.41. The molecule has 8 heteroatoms. The molecule has 0 saturated heterocycles. The van der Waals surface area contributed by atoms with Crippen molar-refractivity contribution in [2.75, 3.05) is 0 Å². The Balaban J connectivity index is 2.26. The van der Waals surface area contributed by atoms with Crippen molar-refractivity contribution in [3.8, 4) is 0 Å². The molecule has 2 atom stereocenters. The van der Waals surface area contributed by atoms with Crippen LogP contribution in [0, 0.1) is 12.8 Å². The van der Waals surface area contributed by atoms with Gasteiger partial charge in [0.2, 0.25) is 10.0 Å². The number of aryl methyl sites for hydroxylation is 1. The van der Waals surface area contributed by atoms with Crippen LogP contribution in [0.4, 0.5) is 0 Å². The Morgan fingerprint density at radius 1 is 1.45 bits per heavy atom. The average molecular weight is 301 g/mol. The lowest BCUT2D eigenvalue weighted by atomic mass is 9.88. The molecule has 7 nitrogen and oxygen atoms in total. The number of H-pyrrole nitrogens is 1. The summed E-state index contributed by atoms with van der Waals surface area (Å²) in [6, 6.07) is -0.139. The minimum atomic E-state index is -3.87. The molecule has 1 saturated carbocycles. The van der Waals surface area contributed by atoms with E-state index in [9.17, 15) is 13.2 Å². The van der Waals surface area contributed by atoms with Crippen molar-refractivity contribution < 1.29 is 18.3 Å². The number of hydrogen-bond acceptors (Lipinski definition) is 4. The molecule has 0 spiro atoms. The Morgan fingerprint density at radius 2 is 2.15 bits per heavy atom. The maximum absolute atomic E-state index is 12.4. The van der Waals surface area contributed by atoms with Gasteiger partial charge < -0.3 is 5.11 Å². The van der Waals surface area contributed by atoms with Gasteiger partial charge in [-0.2, -0.15) is 5.10 Å². The van der Waals surface area contributed by atoms with E-state index in [1.165, 1.54) is 6.92 Å². The first-order chi connectivity index (χ1) is 9.31. The highest BCUT2D eigenvalue weighted by molar-refractivity contribution is 7.89. The zero-order chi connectivity index (χ0) is 14.9. The van der Waals surface area contributed by atoms with Gasteiger partial charge in [-0.15, -0.1) is 0 Å². The Labute approximate surface area is 117 Å². The molecule has 0 bridgehead atoms. The molecule has 0 aromatic carbocycles. The lowest BCUT2D eigenvalue weighted by Gasteiger charge is -2.27. The highest BCUT2D eigenvalue weighted by atomic mass is 32.2. The van der Waals surface area contributed by atoms with E-state index >= 15 is 0 Å². The van der Waals surface area contributed by atoms with Crippen molar-refractivity contribution in [1.29, 1.82) is 0 Å². The van der Waals surface area contributed by atoms with Crippen molar-refractivity contribution in [3.63, 3.8) is 0 Å². The van der Waals surface area contributed by atoms with E-state index in [0.717, 1.165) is 25.7 Å². The SMILES string of the molecule is Cc1[nH]nc(C(=O)O)c1S(=O)(=O)NC1CCCC(C)C1. The van der Waals surface area contributed by atoms with E-state index < -0.39 is 21.7 Å². The van der Waals surface area contributed by atoms with Crippen LogP contribution in [0.3, 0.4) is 0 Å². The van der Waals surface area contributed by atoms with Gasteiger partial charge in [-0.25, -0.2) is 17.9 Å². The molecule has 20 heavy (non-hydrogen) atoms. The van der Waals surface area contributed by atoms with Crippen molar-refractivity contribution in [3.05, 3.63) is 11.4 Å².